The summed E-state index contributed by atoms with van der Waals surface area (Å²) >= 11 is 0. The van der Waals surface area contributed by atoms with E-state index in [1.165, 1.54) is 6.92 Å². The maximum atomic E-state index is 13.3. The Balaban J connectivity index is 1.42. The lowest BCUT2D eigenvalue weighted by Gasteiger charge is -2.47. The summed E-state index contributed by atoms with van der Waals surface area (Å²) in [5.41, 5.74) is 2.47. The molecule has 2 bridgehead atoms. The van der Waals surface area contributed by atoms with Crippen molar-refractivity contribution in [1.82, 2.24) is 24.3 Å². The quantitative estimate of drug-likeness (QED) is 0.684. The van der Waals surface area contributed by atoms with Crippen molar-refractivity contribution in [2.45, 2.75) is 25.3 Å². The highest BCUT2D eigenvalue weighted by Crippen LogP contribution is 2.41. The summed E-state index contributed by atoms with van der Waals surface area (Å²) < 4.78 is 3.72. The first-order chi connectivity index (χ1) is 15.5. The fraction of sp³-hybridized carbons (Fsp3) is 0.333. The molecular weight excluding hydrogens is 406 g/mol. The van der Waals surface area contributed by atoms with Gasteiger partial charge in [-0.05, 0) is 42.7 Å². The van der Waals surface area contributed by atoms with E-state index < -0.39 is 0 Å². The first kappa shape index (κ1) is 20.2. The van der Waals surface area contributed by atoms with Crippen LogP contribution in [0.4, 0.5) is 0 Å². The zero-order valence-corrected chi connectivity index (χ0v) is 17.8. The van der Waals surface area contributed by atoms with Crippen LogP contribution < -0.4 is 10.9 Å². The molecular formula is C24H25N5O3. The molecule has 32 heavy (non-hydrogen) atoms. The van der Waals surface area contributed by atoms with Crippen molar-refractivity contribution in [2.24, 2.45) is 5.92 Å². The van der Waals surface area contributed by atoms with Crippen LogP contribution in [0.5, 0.6) is 0 Å². The third kappa shape index (κ3) is 3.62. The lowest BCUT2D eigenvalue weighted by Crippen LogP contribution is -2.53. The monoisotopic (exact) mass is 431 g/mol. The maximum Gasteiger partial charge on any atom is 0.253 e. The second kappa shape index (κ2) is 8.11. The van der Waals surface area contributed by atoms with Gasteiger partial charge in [0.05, 0.1) is 12.4 Å². The van der Waals surface area contributed by atoms with E-state index in [-0.39, 0.29) is 35.3 Å². The predicted molar refractivity (Wildman–Crippen MR) is 119 cm³/mol. The molecule has 0 unspecified atom stereocenters. The molecule has 5 rings (SSSR count). The largest absolute Gasteiger partial charge is 0.354 e. The van der Waals surface area contributed by atoms with E-state index in [1.54, 1.807) is 24.7 Å². The van der Waals surface area contributed by atoms with Gasteiger partial charge in [0, 0.05) is 67.9 Å². The van der Waals surface area contributed by atoms with Crippen molar-refractivity contribution in [3.05, 3.63) is 82.8 Å². The van der Waals surface area contributed by atoms with Crippen LogP contribution in [-0.2, 0) is 4.79 Å². The van der Waals surface area contributed by atoms with Crippen molar-refractivity contribution in [1.29, 1.82) is 0 Å². The van der Waals surface area contributed by atoms with E-state index in [0.717, 1.165) is 17.8 Å². The number of rotatable bonds is 4. The van der Waals surface area contributed by atoms with Gasteiger partial charge in [-0.2, -0.15) is 0 Å². The van der Waals surface area contributed by atoms with E-state index >= 15 is 0 Å². The molecule has 0 radical (unpaired) electrons. The van der Waals surface area contributed by atoms with E-state index in [0.29, 0.717) is 25.2 Å². The van der Waals surface area contributed by atoms with Gasteiger partial charge in [-0.15, -0.1) is 0 Å². The van der Waals surface area contributed by atoms with Crippen LogP contribution in [0.25, 0.3) is 5.69 Å². The van der Waals surface area contributed by atoms with Gasteiger partial charge in [0.15, 0.2) is 0 Å². The summed E-state index contributed by atoms with van der Waals surface area (Å²) in [6.45, 7) is 2.99. The van der Waals surface area contributed by atoms with Gasteiger partial charge >= 0.3 is 0 Å². The Morgan fingerprint density at radius 2 is 1.94 bits per heavy atom. The average molecular weight is 431 g/mol. The smallest absolute Gasteiger partial charge is 0.253 e. The molecule has 8 nitrogen and oxygen atoms in total. The molecule has 8 heteroatoms. The number of carbonyl (C=O) groups excluding carboxylic acids is 2. The highest BCUT2D eigenvalue weighted by atomic mass is 16.2. The SMILES string of the molecule is CC(=O)NC[C@H]1[C@H]2C[C@H](CN(C(=O)c3ccc(-n4ccnc4)cc3)C2)c2cccc(=O)n21. The second-order valence-corrected chi connectivity index (χ2v) is 8.58. The molecule has 164 valence electrons. The third-order valence-corrected chi connectivity index (χ3v) is 6.56. The molecule has 2 aromatic heterocycles. The Kier molecular flexibility index (Phi) is 5.13. The van der Waals surface area contributed by atoms with Crippen LogP contribution in [0.2, 0.25) is 0 Å². The van der Waals surface area contributed by atoms with Gasteiger partial charge in [-0.3, -0.25) is 14.4 Å². The molecule has 1 fully saturated rings. The fourth-order valence-corrected chi connectivity index (χ4v) is 5.09. The molecule has 1 saturated heterocycles. The Labute approximate surface area is 185 Å². The highest BCUT2D eigenvalue weighted by Gasteiger charge is 2.41. The minimum atomic E-state index is -0.168. The number of piperidine rings is 1. The predicted octanol–water partition coefficient (Wildman–Crippen LogP) is 1.97. The van der Waals surface area contributed by atoms with Crippen LogP contribution >= 0.6 is 0 Å². The van der Waals surface area contributed by atoms with E-state index in [2.05, 4.69) is 10.3 Å². The second-order valence-electron chi connectivity index (χ2n) is 8.58. The van der Waals surface area contributed by atoms with E-state index in [9.17, 15) is 14.4 Å². The Hall–Kier alpha value is -3.68. The van der Waals surface area contributed by atoms with Crippen molar-refractivity contribution in [3.63, 3.8) is 0 Å². The van der Waals surface area contributed by atoms with Gasteiger partial charge < -0.3 is 19.4 Å². The molecule has 1 N–H and O–H groups in total. The summed E-state index contributed by atoms with van der Waals surface area (Å²) in [5.74, 6) is 0.0639. The van der Waals surface area contributed by atoms with Gasteiger partial charge in [0.25, 0.3) is 11.5 Å². The minimum Gasteiger partial charge on any atom is -0.354 e. The summed E-state index contributed by atoms with van der Waals surface area (Å²) in [6.07, 6.45) is 6.19. The van der Waals surface area contributed by atoms with Crippen molar-refractivity contribution < 1.29 is 9.59 Å². The van der Waals surface area contributed by atoms with Gasteiger partial charge in [-0.1, -0.05) is 6.07 Å². The van der Waals surface area contributed by atoms with Gasteiger partial charge in [0.1, 0.15) is 0 Å². The Morgan fingerprint density at radius 3 is 2.66 bits per heavy atom. The van der Waals surface area contributed by atoms with E-state index in [1.807, 2.05) is 50.6 Å². The number of aromatic nitrogens is 3. The average Bonchev–Trinajstić information content (AvgIpc) is 3.34. The number of nitrogens with zero attached hydrogens (tertiary/aromatic N) is 4. The molecule has 0 saturated carbocycles. The summed E-state index contributed by atoms with van der Waals surface area (Å²) in [5, 5.41) is 2.87. The number of pyridine rings is 1. The first-order valence-corrected chi connectivity index (χ1v) is 10.8. The number of fused-ring (bicyclic) bond motifs is 4. The third-order valence-electron chi connectivity index (χ3n) is 6.56. The standard InChI is InChI=1S/C24H25N5O3/c1-16(30)26-12-22-19-11-18(21-3-2-4-23(31)29(21)22)13-28(14-19)24(32)17-5-7-20(8-6-17)27-10-9-25-15-27/h2-10,15,18-19,22H,11-14H2,1H3,(H,26,30)/t18-,19+,22+/m1/s1. The van der Waals surface area contributed by atoms with Gasteiger partial charge in [-0.25, -0.2) is 4.98 Å². The number of imidazole rings is 1. The molecule has 4 heterocycles. The maximum absolute atomic E-state index is 13.3. The molecule has 2 amide bonds. The zero-order chi connectivity index (χ0) is 22.2. The van der Waals surface area contributed by atoms with Gasteiger partial charge in [0.2, 0.25) is 5.91 Å². The molecule has 2 aliphatic rings. The van der Waals surface area contributed by atoms with Crippen LogP contribution in [-0.4, -0.2) is 50.5 Å². The van der Waals surface area contributed by atoms with Crippen LogP contribution in [0.1, 0.15) is 41.4 Å². The molecule has 2 aliphatic heterocycles. The topological polar surface area (TPSA) is 89.2 Å². The van der Waals surface area contributed by atoms with Crippen molar-refractivity contribution in [3.8, 4) is 5.69 Å². The molecule has 1 aromatic carbocycles. The molecule has 0 aliphatic carbocycles. The Bertz CT molecular complexity index is 1200. The Morgan fingerprint density at radius 1 is 1.12 bits per heavy atom. The molecule has 3 aromatic rings. The lowest BCUT2D eigenvalue weighted by atomic mass is 9.78. The number of carbonyl (C=O) groups is 2. The number of nitrogens with one attached hydrogen (secondary N) is 1. The number of hydrogen-bond acceptors (Lipinski definition) is 4. The number of benzene rings is 1. The van der Waals surface area contributed by atoms with Crippen molar-refractivity contribution in [2.75, 3.05) is 19.6 Å². The molecule has 3 atom stereocenters. The van der Waals surface area contributed by atoms with Crippen LogP contribution in [0.3, 0.4) is 0 Å². The number of hydrogen-bond donors (Lipinski definition) is 1. The number of amides is 2. The summed E-state index contributed by atoms with van der Waals surface area (Å²) in [4.78, 5) is 43.5. The van der Waals surface area contributed by atoms with E-state index in [4.69, 9.17) is 0 Å². The molecule has 0 spiro atoms. The highest BCUT2D eigenvalue weighted by molar-refractivity contribution is 5.94. The fourth-order valence-electron chi connectivity index (χ4n) is 5.09. The summed E-state index contributed by atoms with van der Waals surface area (Å²) in [6, 6.07) is 12.7. The zero-order valence-electron chi connectivity index (χ0n) is 17.8. The van der Waals surface area contributed by atoms with Crippen LogP contribution in [0, 0.1) is 5.92 Å². The van der Waals surface area contributed by atoms with Crippen LogP contribution in [0.15, 0.2) is 66.0 Å². The minimum absolute atomic E-state index is 0.0121. The number of likely N-dealkylation sites (tertiary alicyclic amines) is 1. The lowest BCUT2D eigenvalue weighted by molar-refractivity contribution is -0.119. The first-order valence-electron chi connectivity index (χ1n) is 10.8. The van der Waals surface area contributed by atoms with Crippen molar-refractivity contribution >= 4 is 11.8 Å². The normalized spacial score (nSPS) is 21.7. The summed E-state index contributed by atoms with van der Waals surface area (Å²) in [7, 11) is 0.